The Morgan fingerprint density at radius 2 is 2.00 bits per heavy atom. The third kappa shape index (κ3) is 4.27. The SMILES string of the molecule is CN1CC[C@]2(C[C@H]2C(=O)Nc2cc3c(-c4nc5ccc(N6CCOCC6)cn5n4)cnc(C(F)F)c3cn2)C1. The first-order chi connectivity index (χ1) is 18.9. The van der Waals surface area contributed by atoms with Crippen LogP contribution in [0.1, 0.15) is 25.0 Å². The summed E-state index contributed by atoms with van der Waals surface area (Å²) in [6, 6.07) is 5.49. The van der Waals surface area contributed by atoms with Crippen LogP contribution in [-0.2, 0) is 9.53 Å². The molecular weight excluding hydrogens is 506 g/mol. The van der Waals surface area contributed by atoms with E-state index >= 15 is 0 Å². The van der Waals surface area contributed by atoms with Crippen LogP contribution in [0.25, 0.3) is 27.8 Å². The number of carbonyl (C=O) groups is 1. The maximum Gasteiger partial charge on any atom is 0.281 e. The van der Waals surface area contributed by atoms with Gasteiger partial charge in [-0.15, -0.1) is 5.10 Å². The minimum atomic E-state index is -2.78. The Kier molecular flexibility index (Phi) is 5.70. The number of ether oxygens (including phenoxy) is 1. The highest BCUT2D eigenvalue weighted by Crippen LogP contribution is 2.58. The Bertz CT molecular complexity index is 1590. The highest BCUT2D eigenvalue weighted by Gasteiger charge is 2.60. The van der Waals surface area contributed by atoms with E-state index in [9.17, 15) is 13.6 Å². The number of amides is 1. The second kappa shape index (κ2) is 9.16. The summed E-state index contributed by atoms with van der Waals surface area (Å²) >= 11 is 0. The van der Waals surface area contributed by atoms with Crippen molar-refractivity contribution < 1.29 is 18.3 Å². The third-order valence-electron chi connectivity index (χ3n) is 8.28. The zero-order chi connectivity index (χ0) is 26.7. The largest absolute Gasteiger partial charge is 0.378 e. The molecule has 0 bridgehead atoms. The number of fused-ring (bicyclic) bond motifs is 2. The van der Waals surface area contributed by atoms with Gasteiger partial charge < -0.3 is 19.9 Å². The normalized spacial score (nSPS) is 23.4. The summed E-state index contributed by atoms with van der Waals surface area (Å²) < 4.78 is 34.8. The van der Waals surface area contributed by atoms with Crippen molar-refractivity contribution in [3.05, 3.63) is 42.5 Å². The molecule has 10 nitrogen and oxygen atoms in total. The maximum atomic E-state index is 13.8. The number of alkyl halides is 2. The van der Waals surface area contributed by atoms with Crippen molar-refractivity contribution in [2.45, 2.75) is 19.3 Å². The van der Waals surface area contributed by atoms with E-state index in [-0.39, 0.29) is 28.3 Å². The summed E-state index contributed by atoms with van der Waals surface area (Å²) in [5.41, 5.74) is 1.79. The average Bonchev–Trinajstić information content (AvgIpc) is 3.27. The molecule has 4 aromatic rings. The van der Waals surface area contributed by atoms with E-state index in [0.29, 0.717) is 41.5 Å². The Hall–Kier alpha value is -3.77. The van der Waals surface area contributed by atoms with Gasteiger partial charge in [-0.05, 0) is 50.0 Å². The van der Waals surface area contributed by atoms with Crippen LogP contribution in [0.3, 0.4) is 0 Å². The minimum Gasteiger partial charge on any atom is -0.378 e. The van der Waals surface area contributed by atoms with Crippen molar-refractivity contribution in [2.24, 2.45) is 11.3 Å². The van der Waals surface area contributed by atoms with E-state index < -0.39 is 6.43 Å². The summed E-state index contributed by atoms with van der Waals surface area (Å²) in [6.45, 7) is 4.82. The summed E-state index contributed by atoms with van der Waals surface area (Å²) in [5.74, 6) is 0.524. The first kappa shape index (κ1) is 24.3. The molecule has 0 aromatic carbocycles. The van der Waals surface area contributed by atoms with Crippen LogP contribution in [-0.4, -0.2) is 81.8 Å². The predicted molar refractivity (Wildman–Crippen MR) is 141 cm³/mol. The molecule has 0 radical (unpaired) electrons. The summed E-state index contributed by atoms with van der Waals surface area (Å²) in [6.07, 6.45) is 3.71. The molecule has 4 aromatic heterocycles. The van der Waals surface area contributed by atoms with Crippen LogP contribution in [0, 0.1) is 11.3 Å². The molecule has 2 atom stereocenters. The monoisotopic (exact) mass is 534 g/mol. The molecule has 12 heteroatoms. The summed E-state index contributed by atoms with van der Waals surface area (Å²) in [7, 11) is 2.07. The topological polar surface area (TPSA) is 101 Å². The standard InChI is InChI=1S/C27H28F2N8O2/c1-35-5-4-27(15-35)11-20(27)26(38)32-21-10-17-18(12-30-21)23(24(28)29)31-13-19(17)25-33-22-3-2-16(14-37(22)34-25)36-6-8-39-9-7-36/h2-3,10,12-14,20,24H,4-9,11,15H2,1H3,(H,30,32,38)/t20-,27-/m0/s1. The number of aromatic nitrogens is 5. The minimum absolute atomic E-state index is 0.0497. The molecule has 0 unspecified atom stereocenters. The molecular formula is C27H28F2N8O2. The van der Waals surface area contributed by atoms with Crippen LogP contribution in [0.15, 0.2) is 36.8 Å². The van der Waals surface area contributed by atoms with Crippen molar-refractivity contribution in [1.29, 1.82) is 0 Å². The smallest absolute Gasteiger partial charge is 0.281 e. The second-order valence-electron chi connectivity index (χ2n) is 10.8. The van der Waals surface area contributed by atoms with Gasteiger partial charge in [0.2, 0.25) is 5.91 Å². The molecule has 1 spiro atoms. The van der Waals surface area contributed by atoms with Gasteiger partial charge in [-0.1, -0.05) is 0 Å². The van der Waals surface area contributed by atoms with Crippen LogP contribution >= 0.6 is 0 Å². The molecule has 1 aliphatic carbocycles. The zero-order valence-electron chi connectivity index (χ0n) is 21.5. The van der Waals surface area contributed by atoms with Gasteiger partial charge in [0.05, 0.1) is 25.1 Å². The number of carbonyl (C=O) groups excluding carboxylic acids is 1. The number of hydrogen-bond acceptors (Lipinski definition) is 8. The summed E-state index contributed by atoms with van der Waals surface area (Å²) in [5, 5.41) is 8.24. The molecule has 3 fully saturated rings. The summed E-state index contributed by atoms with van der Waals surface area (Å²) in [4.78, 5) is 30.5. The number of pyridine rings is 3. The number of anilines is 2. The Labute approximate surface area is 223 Å². The first-order valence-corrected chi connectivity index (χ1v) is 13.2. The van der Waals surface area contributed by atoms with Crippen molar-refractivity contribution in [3.8, 4) is 11.4 Å². The van der Waals surface area contributed by atoms with Gasteiger partial charge in [0.25, 0.3) is 6.43 Å². The molecule has 202 valence electrons. The molecule has 7 rings (SSSR count). The van der Waals surface area contributed by atoms with Crippen molar-refractivity contribution in [2.75, 3.05) is 56.7 Å². The molecule has 1 saturated carbocycles. The van der Waals surface area contributed by atoms with Crippen LogP contribution < -0.4 is 10.2 Å². The highest BCUT2D eigenvalue weighted by atomic mass is 19.3. The lowest BCUT2D eigenvalue weighted by Gasteiger charge is -2.28. The number of hydrogen-bond donors (Lipinski definition) is 1. The van der Waals surface area contributed by atoms with Crippen LogP contribution in [0.4, 0.5) is 20.3 Å². The van der Waals surface area contributed by atoms with Crippen molar-refractivity contribution >= 4 is 33.8 Å². The van der Waals surface area contributed by atoms with E-state index in [1.54, 1.807) is 10.6 Å². The number of rotatable bonds is 5. The fourth-order valence-electron chi connectivity index (χ4n) is 6.06. The van der Waals surface area contributed by atoms with E-state index in [0.717, 1.165) is 44.7 Å². The average molecular weight is 535 g/mol. The van der Waals surface area contributed by atoms with Gasteiger partial charge in [-0.3, -0.25) is 9.78 Å². The second-order valence-corrected chi connectivity index (χ2v) is 10.8. The van der Waals surface area contributed by atoms with Gasteiger partial charge in [-0.25, -0.2) is 23.3 Å². The van der Waals surface area contributed by atoms with Gasteiger partial charge >= 0.3 is 0 Å². The molecule has 1 amide bonds. The number of nitrogens with zero attached hydrogens (tertiary/aromatic N) is 7. The fraction of sp³-hybridized carbons (Fsp3) is 0.444. The Balaban J connectivity index is 1.23. The van der Waals surface area contributed by atoms with Crippen molar-refractivity contribution in [3.63, 3.8) is 0 Å². The lowest BCUT2D eigenvalue weighted by molar-refractivity contribution is -0.118. The van der Waals surface area contributed by atoms with Gasteiger partial charge in [0, 0.05) is 54.3 Å². The van der Waals surface area contributed by atoms with E-state index in [4.69, 9.17) is 4.74 Å². The van der Waals surface area contributed by atoms with E-state index in [1.807, 2.05) is 18.3 Å². The molecule has 3 aliphatic rings. The number of nitrogens with one attached hydrogen (secondary N) is 1. The first-order valence-electron chi connectivity index (χ1n) is 13.2. The Morgan fingerprint density at radius 1 is 1.15 bits per heavy atom. The van der Waals surface area contributed by atoms with Crippen LogP contribution in [0.5, 0.6) is 0 Å². The number of likely N-dealkylation sites (tertiary alicyclic amines) is 1. The molecule has 1 N–H and O–H groups in total. The Morgan fingerprint density at radius 3 is 2.77 bits per heavy atom. The van der Waals surface area contributed by atoms with Crippen molar-refractivity contribution in [1.82, 2.24) is 29.5 Å². The maximum absolute atomic E-state index is 13.8. The predicted octanol–water partition coefficient (Wildman–Crippen LogP) is 3.39. The molecule has 39 heavy (non-hydrogen) atoms. The quantitative estimate of drug-likeness (QED) is 0.416. The third-order valence-corrected chi connectivity index (χ3v) is 8.28. The molecule has 2 aliphatic heterocycles. The lowest BCUT2D eigenvalue weighted by Crippen LogP contribution is -2.36. The number of halogens is 2. The fourth-order valence-corrected chi connectivity index (χ4v) is 6.06. The number of morpholine rings is 1. The zero-order valence-corrected chi connectivity index (χ0v) is 21.5. The van der Waals surface area contributed by atoms with E-state index in [2.05, 4.69) is 42.2 Å². The highest BCUT2D eigenvalue weighted by molar-refractivity contribution is 6.00. The molecule has 6 heterocycles. The molecule has 2 saturated heterocycles. The van der Waals surface area contributed by atoms with Gasteiger partial charge in [-0.2, -0.15) is 0 Å². The van der Waals surface area contributed by atoms with Crippen LogP contribution in [0.2, 0.25) is 0 Å². The van der Waals surface area contributed by atoms with Gasteiger partial charge in [0.1, 0.15) is 11.5 Å². The van der Waals surface area contributed by atoms with E-state index in [1.165, 1.54) is 12.4 Å². The van der Waals surface area contributed by atoms with Gasteiger partial charge in [0.15, 0.2) is 11.5 Å². The lowest BCUT2D eigenvalue weighted by atomic mass is 10.0.